The standard InChI is InChI=1S/C3H6N2S.ClH/c4-3-1-6-2-5-3;/h1,5H,2,4H2;1H. The number of thioether (sulfide) groups is 1. The van der Waals surface area contributed by atoms with Crippen LogP contribution in [0.15, 0.2) is 11.2 Å². The van der Waals surface area contributed by atoms with Gasteiger partial charge in [0.25, 0.3) is 0 Å². The van der Waals surface area contributed by atoms with Crippen LogP contribution in [0.4, 0.5) is 0 Å². The molecule has 0 saturated carbocycles. The van der Waals surface area contributed by atoms with Gasteiger partial charge in [-0.15, -0.1) is 24.2 Å². The third-order valence-electron chi connectivity index (χ3n) is 0.570. The lowest BCUT2D eigenvalue weighted by atomic mass is 10.8. The predicted octanol–water partition coefficient (Wildman–Crippen LogP) is 0.460. The van der Waals surface area contributed by atoms with E-state index in [9.17, 15) is 0 Å². The van der Waals surface area contributed by atoms with E-state index in [1.165, 1.54) is 0 Å². The number of hydrogen-bond acceptors (Lipinski definition) is 3. The Balaban J connectivity index is 0.000000360. The molecule has 1 heterocycles. The molecule has 0 amide bonds. The molecule has 42 valence electrons. The molecule has 0 saturated heterocycles. The summed E-state index contributed by atoms with van der Waals surface area (Å²) in [4.78, 5) is 0. The quantitative estimate of drug-likeness (QED) is 0.511. The van der Waals surface area contributed by atoms with Crippen molar-refractivity contribution < 1.29 is 0 Å². The first-order valence-corrected chi connectivity index (χ1v) is 2.75. The fourth-order valence-electron chi connectivity index (χ4n) is 0.298. The average Bonchev–Trinajstić information content (AvgIpc) is 1.86. The molecule has 1 rings (SSSR count). The molecule has 0 aromatic heterocycles. The molecule has 0 aliphatic carbocycles. The van der Waals surface area contributed by atoms with Crippen molar-refractivity contribution in [3.05, 3.63) is 11.2 Å². The summed E-state index contributed by atoms with van der Waals surface area (Å²) < 4.78 is 0. The van der Waals surface area contributed by atoms with Gasteiger partial charge in [-0.2, -0.15) is 0 Å². The van der Waals surface area contributed by atoms with Crippen LogP contribution in [-0.2, 0) is 0 Å². The Bertz CT molecular complexity index is 83.0. The maximum Gasteiger partial charge on any atom is 0.103 e. The van der Waals surface area contributed by atoms with Gasteiger partial charge in [0.05, 0.1) is 5.88 Å². The topological polar surface area (TPSA) is 38.0 Å². The fourth-order valence-corrected chi connectivity index (χ4v) is 0.894. The lowest BCUT2D eigenvalue weighted by Crippen LogP contribution is -2.13. The van der Waals surface area contributed by atoms with E-state index in [1.807, 2.05) is 5.41 Å². The smallest absolute Gasteiger partial charge is 0.103 e. The molecule has 1 aliphatic heterocycles. The van der Waals surface area contributed by atoms with Crippen LogP contribution < -0.4 is 11.1 Å². The first-order chi connectivity index (χ1) is 2.89. The molecule has 0 spiro atoms. The minimum Gasteiger partial charge on any atom is -0.385 e. The summed E-state index contributed by atoms with van der Waals surface area (Å²) in [6.07, 6.45) is 0. The lowest BCUT2D eigenvalue weighted by molar-refractivity contribution is 0.961. The molecule has 3 N–H and O–H groups in total. The molecule has 4 heteroatoms. The van der Waals surface area contributed by atoms with Gasteiger partial charge in [-0.25, -0.2) is 0 Å². The maximum absolute atomic E-state index is 5.26. The second kappa shape index (κ2) is 3.04. The first kappa shape index (κ1) is 6.98. The van der Waals surface area contributed by atoms with Crippen LogP contribution in [0.1, 0.15) is 0 Å². The Morgan fingerprint density at radius 2 is 2.57 bits per heavy atom. The maximum atomic E-state index is 5.26. The third kappa shape index (κ3) is 1.94. The Labute approximate surface area is 52.9 Å². The van der Waals surface area contributed by atoms with Crippen LogP contribution in [-0.4, -0.2) is 5.88 Å². The highest BCUT2D eigenvalue weighted by Gasteiger charge is 1.93. The minimum absolute atomic E-state index is 0. The Morgan fingerprint density at radius 3 is 2.71 bits per heavy atom. The Morgan fingerprint density at radius 1 is 1.86 bits per heavy atom. The van der Waals surface area contributed by atoms with E-state index in [-0.39, 0.29) is 12.4 Å². The van der Waals surface area contributed by atoms with E-state index in [4.69, 9.17) is 5.73 Å². The van der Waals surface area contributed by atoms with E-state index in [0.717, 1.165) is 11.7 Å². The normalized spacial score (nSPS) is 16.9. The number of nitrogens with two attached hydrogens (primary N) is 1. The summed E-state index contributed by atoms with van der Waals surface area (Å²) in [6, 6.07) is 0. The van der Waals surface area contributed by atoms with E-state index in [0.29, 0.717) is 0 Å². The number of nitrogens with one attached hydrogen (secondary N) is 1. The first-order valence-electron chi connectivity index (χ1n) is 1.71. The van der Waals surface area contributed by atoms with Crippen LogP contribution in [0.2, 0.25) is 0 Å². The van der Waals surface area contributed by atoms with Crippen LogP contribution in [0, 0.1) is 0 Å². The SMILES string of the molecule is Cl.NC1=CSCN1. The van der Waals surface area contributed by atoms with Crippen molar-refractivity contribution in [2.75, 3.05) is 5.88 Å². The van der Waals surface area contributed by atoms with Gasteiger partial charge in [0, 0.05) is 5.41 Å². The zero-order valence-electron chi connectivity index (χ0n) is 3.68. The van der Waals surface area contributed by atoms with Crippen molar-refractivity contribution in [1.82, 2.24) is 5.32 Å². The van der Waals surface area contributed by atoms with E-state index in [2.05, 4.69) is 5.32 Å². The van der Waals surface area contributed by atoms with Crippen molar-refractivity contribution in [1.29, 1.82) is 0 Å². The molecule has 0 atom stereocenters. The molecule has 0 fully saturated rings. The van der Waals surface area contributed by atoms with Crippen LogP contribution in [0.5, 0.6) is 0 Å². The van der Waals surface area contributed by atoms with Gasteiger partial charge in [-0.3, -0.25) is 0 Å². The van der Waals surface area contributed by atoms with Gasteiger partial charge >= 0.3 is 0 Å². The number of rotatable bonds is 0. The molecule has 1 aliphatic rings. The van der Waals surface area contributed by atoms with Gasteiger partial charge in [0.15, 0.2) is 0 Å². The van der Waals surface area contributed by atoms with Crippen molar-refractivity contribution in [2.24, 2.45) is 5.73 Å². The largest absolute Gasteiger partial charge is 0.385 e. The molecule has 7 heavy (non-hydrogen) atoms. The summed E-state index contributed by atoms with van der Waals surface area (Å²) in [6.45, 7) is 0. The second-order valence-corrected chi connectivity index (χ2v) is 1.92. The number of halogens is 1. The molecule has 0 aromatic carbocycles. The molecule has 0 radical (unpaired) electrons. The zero-order valence-corrected chi connectivity index (χ0v) is 5.31. The molecule has 2 nitrogen and oxygen atoms in total. The van der Waals surface area contributed by atoms with Gasteiger partial charge in [-0.1, -0.05) is 0 Å². The van der Waals surface area contributed by atoms with Crippen LogP contribution >= 0.6 is 24.2 Å². The lowest BCUT2D eigenvalue weighted by Gasteiger charge is -1.88. The summed E-state index contributed by atoms with van der Waals surface area (Å²) in [5.74, 6) is 1.73. The molecule has 0 unspecified atom stereocenters. The van der Waals surface area contributed by atoms with Gasteiger partial charge in [-0.05, 0) is 0 Å². The summed E-state index contributed by atoms with van der Waals surface area (Å²) >= 11 is 1.68. The molecular weight excluding hydrogens is 132 g/mol. The number of hydrogen-bond donors (Lipinski definition) is 2. The summed E-state index contributed by atoms with van der Waals surface area (Å²) in [5, 5.41) is 4.82. The van der Waals surface area contributed by atoms with E-state index >= 15 is 0 Å². The Kier molecular flexibility index (Phi) is 3.04. The van der Waals surface area contributed by atoms with Crippen molar-refractivity contribution in [3.63, 3.8) is 0 Å². The highest BCUT2D eigenvalue weighted by molar-refractivity contribution is 8.02. The monoisotopic (exact) mass is 138 g/mol. The molecule has 0 bridgehead atoms. The van der Waals surface area contributed by atoms with E-state index in [1.54, 1.807) is 11.8 Å². The summed E-state index contributed by atoms with van der Waals surface area (Å²) in [7, 11) is 0. The van der Waals surface area contributed by atoms with Crippen LogP contribution in [0.25, 0.3) is 0 Å². The summed E-state index contributed by atoms with van der Waals surface area (Å²) in [5.41, 5.74) is 5.26. The van der Waals surface area contributed by atoms with Gasteiger partial charge in [0.2, 0.25) is 0 Å². The minimum atomic E-state index is 0. The molecular formula is C3H7ClN2S. The predicted molar refractivity (Wildman–Crippen MR) is 35.1 cm³/mol. The zero-order chi connectivity index (χ0) is 4.41. The van der Waals surface area contributed by atoms with Gasteiger partial charge < -0.3 is 11.1 Å². The van der Waals surface area contributed by atoms with E-state index < -0.39 is 0 Å². The third-order valence-corrected chi connectivity index (χ3v) is 1.30. The highest BCUT2D eigenvalue weighted by atomic mass is 35.5. The van der Waals surface area contributed by atoms with Crippen molar-refractivity contribution >= 4 is 24.2 Å². The van der Waals surface area contributed by atoms with Crippen molar-refractivity contribution in [3.8, 4) is 0 Å². The van der Waals surface area contributed by atoms with Gasteiger partial charge in [0.1, 0.15) is 5.82 Å². The highest BCUT2D eigenvalue weighted by Crippen LogP contribution is 2.06. The Hall–Kier alpha value is -0.0200. The average molecular weight is 139 g/mol. The fraction of sp³-hybridized carbons (Fsp3) is 0.333. The molecule has 0 aromatic rings. The second-order valence-electron chi connectivity index (χ2n) is 1.06. The van der Waals surface area contributed by atoms with Crippen molar-refractivity contribution in [2.45, 2.75) is 0 Å². The van der Waals surface area contributed by atoms with Crippen LogP contribution in [0.3, 0.4) is 0 Å².